The molecule has 5 nitrogen and oxygen atoms in total. The van der Waals surface area contributed by atoms with Crippen LogP contribution in [0.15, 0.2) is 0 Å². The molecule has 1 fully saturated rings. The van der Waals surface area contributed by atoms with Crippen molar-refractivity contribution in [3.63, 3.8) is 0 Å². The van der Waals surface area contributed by atoms with Crippen molar-refractivity contribution < 1.29 is 4.79 Å². The third-order valence-corrected chi connectivity index (χ3v) is 3.57. The molecule has 0 N–H and O–H groups in total. The first-order valence-electron chi connectivity index (χ1n) is 5.23. The van der Waals surface area contributed by atoms with Gasteiger partial charge in [0, 0.05) is 6.54 Å². The van der Waals surface area contributed by atoms with Crippen molar-refractivity contribution in [3.8, 4) is 6.07 Å². The SMILES string of the molecule is Cc1nnsc1C(=O)N1CCCCC1C#N. The van der Waals surface area contributed by atoms with Crippen molar-refractivity contribution in [2.45, 2.75) is 32.2 Å². The minimum absolute atomic E-state index is 0.0984. The summed E-state index contributed by atoms with van der Waals surface area (Å²) in [7, 11) is 0. The second-order valence-electron chi connectivity index (χ2n) is 3.83. The predicted molar refractivity (Wildman–Crippen MR) is 58.9 cm³/mol. The quantitative estimate of drug-likeness (QED) is 0.738. The molecule has 2 heterocycles. The monoisotopic (exact) mass is 236 g/mol. The summed E-state index contributed by atoms with van der Waals surface area (Å²) in [5.74, 6) is -0.0984. The number of aryl methyl sites for hydroxylation is 1. The highest BCUT2D eigenvalue weighted by atomic mass is 32.1. The number of amides is 1. The average molecular weight is 236 g/mol. The molecule has 0 aliphatic carbocycles. The first-order chi connectivity index (χ1) is 7.74. The molecule has 0 spiro atoms. The van der Waals surface area contributed by atoms with Crippen LogP contribution in [-0.2, 0) is 0 Å². The minimum atomic E-state index is -0.289. The molecule has 1 atom stereocenters. The summed E-state index contributed by atoms with van der Waals surface area (Å²) in [5, 5.41) is 12.8. The molecule has 84 valence electrons. The third kappa shape index (κ3) is 1.91. The highest BCUT2D eigenvalue weighted by Crippen LogP contribution is 2.21. The molecule has 0 saturated carbocycles. The largest absolute Gasteiger partial charge is 0.322 e. The second-order valence-corrected chi connectivity index (χ2v) is 4.58. The van der Waals surface area contributed by atoms with Gasteiger partial charge in [0.1, 0.15) is 10.9 Å². The molecular formula is C10H12N4OS. The van der Waals surface area contributed by atoms with E-state index < -0.39 is 0 Å². The Morgan fingerprint density at radius 1 is 1.62 bits per heavy atom. The number of nitriles is 1. The van der Waals surface area contributed by atoms with E-state index in [1.165, 1.54) is 0 Å². The Labute approximate surface area is 97.8 Å². The lowest BCUT2D eigenvalue weighted by Crippen LogP contribution is -2.42. The molecular weight excluding hydrogens is 224 g/mol. The van der Waals surface area contributed by atoms with Crippen molar-refractivity contribution in [1.29, 1.82) is 5.26 Å². The first kappa shape index (κ1) is 11.0. The highest BCUT2D eigenvalue weighted by Gasteiger charge is 2.29. The van der Waals surface area contributed by atoms with E-state index in [-0.39, 0.29) is 11.9 Å². The smallest absolute Gasteiger partial charge is 0.268 e. The van der Waals surface area contributed by atoms with Gasteiger partial charge in [-0.25, -0.2) is 0 Å². The van der Waals surface area contributed by atoms with E-state index >= 15 is 0 Å². The Morgan fingerprint density at radius 2 is 2.44 bits per heavy atom. The van der Waals surface area contributed by atoms with E-state index in [0.717, 1.165) is 30.8 Å². The molecule has 1 amide bonds. The van der Waals surface area contributed by atoms with E-state index in [0.29, 0.717) is 17.1 Å². The van der Waals surface area contributed by atoms with E-state index in [2.05, 4.69) is 15.7 Å². The topological polar surface area (TPSA) is 69.9 Å². The van der Waals surface area contributed by atoms with Crippen LogP contribution >= 0.6 is 11.5 Å². The van der Waals surface area contributed by atoms with Crippen molar-refractivity contribution in [2.75, 3.05) is 6.54 Å². The van der Waals surface area contributed by atoms with Crippen LogP contribution in [0.25, 0.3) is 0 Å². The molecule has 16 heavy (non-hydrogen) atoms. The zero-order chi connectivity index (χ0) is 11.5. The van der Waals surface area contributed by atoms with Gasteiger partial charge in [-0.05, 0) is 37.7 Å². The van der Waals surface area contributed by atoms with Crippen LogP contribution in [-0.4, -0.2) is 33.0 Å². The van der Waals surface area contributed by atoms with Gasteiger partial charge in [-0.2, -0.15) is 5.26 Å². The number of likely N-dealkylation sites (tertiary alicyclic amines) is 1. The van der Waals surface area contributed by atoms with Gasteiger partial charge in [0.05, 0.1) is 11.8 Å². The van der Waals surface area contributed by atoms with Gasteiger partial charge in [0.2, 0.25) is 0 Å². The summed E-state index contributed by atoms with van der Waals surface area (Å²) >= 11 is 1.10. The van der Waals surface area contributed by atoms with Gasteiger partial charge in [-0.15, -0.1) is 5.10 Å². The lowest BCUT2D eigenvalue weighted by molar-refractivity contribution is 0.0674. The Kier molecular flexibility index (Phi) is 3.15. The number of carbonyl (C=O) groups excluding carboxylic acids is 1. The van der Waals surface area contributed by atoms with Crippen LogP contribution in [0.1, 0.15) is 34.6 Å². The Morgan fingerprint density at radius 3 is 3.06 bits per heavy atom. The van der Waals surface area contributed by atoms with Crippen molar-refractivity contribution >= 4 is 17.4 Å². The number of rotatable bonds is 1. The maximum atomic E-state index is 12.2. The van der Waals surface area contributed by atoms with Crippen molar-refractivity contribution in [3.05, 3.63) is 10.6 Å². The molecule has 1 aromatic rings. The van der Waals surface area contributed by atoms with E-state index in [4.69, 9.17) is 5.26 Å². The molecule has 0 bridgehead atoms. The molecule has 2 rings (SSSR count). The Hall–Kier alpha value is -1.48. The van der Waals surface area contributed by atoms with Crippen LogP contribution in [0.3, 0.4) is 0 Å². The summed E-state index contributed by atoms with van der Waals surface area (Å²) < 4.78 is 3.75. The summed E-state index contributed by atoms with van der Waals surface area (Å²) in [6.45, 7) is 2.43. The van der Waals surface area contributed by atoms with E-state index in [9.17, 15) is 4.79 Å². The number of hydrogen-bond donors (Lipinski definition) is 0. The maximum Gasteiger partial charge on any atom is 0.268 e. The van der Waals surface area contributed by atoms with Crippen molar-refractivity contribution in [2.24, 2.45) is 0 Å². The maximum absolute atomic E-state index is 12.2. The molecule has 1 aromatic heterocycles. The zero-order valence-electron chi connectivity index (χ0n) is 9.01. The molecule has 6 heteroatoms. The fourth-order valence-corrected chi connectivity index (χ4v) is 2.48. The fourth-order valence-electron chi connectivity index (χ4n) is 1.87. The molecule has 0 aromatic carbocycles. The Bertz CT molecular complexity index is 436. The van der Waals surface area contributed by atoms with Gasteiger partial charge >= 0.3 is 0 Å². The summed E-state index contributed by atoms with van der Waals surface area (Å²) in [4.78, 5) is 14.4. The molecule has 1 unspecified atom stereocenters. The van der Waals surface area contributed by atoms with Gasteiger partial charge < -0.3 is 4.90 Å². The standard InChI is InChI=1S/C10H12N4OS/c1-7-9(16-13-12-7)10(15)14-5-3-2-4-8(14)6-11/h8H,2-5H2,1H3. The number of piperidine rings is 1. The van der Waals surface area contributed by atoms with Crippen LogP contribution in [0.4, 0.5) is 0 Å². The zero-order valence-corrected chi connectivity index (χ0v) is 9.83. The number of nitrogens with zero attached hydrogens (tertiary/aromatic N) is 4. The predicted octanol–water partition coefficient (Wildman–Crippen LogP) is 1.36. The van der Waals surface area contributed by atoms with Gasteiger partial charge in [0.15, 0.2) is 0 Å². The summed E-state index contributed by atoms with van der Waals surface area (Å²) in [6.07, 6.45) is 2.75. The van der Waals surface area contributed by atoms with Crippen LogP contribution in [0, 0.1) is 18.3 Å². The molecule has 1 aliphatic rings. The second kappa shape index (κ2) is 4.58. The molecule has 1 saturated heterocycles. The third-order valence-electron chi connectivity index (χ3n) is 2.76. The first-order valence-corrected chi connectivity index (χ1v) is 6.01. The highest BCUT2D eigenvalue weighted by molar-refractivity contribution is 7.07. The lowest BCUT2D eigenvalue weighted by Gasteiger charge is -2.30. The molecule has 1 aliphatic heterocycles. The van der Waals surface area contributed by atoms with Gasteiger partial charge in [-0.1, -0.05) is 4.49 Å². The van der Waals surface area contributed by atoms with Crippen LogP contribution < -0.4 is 0 Å². The lowest BCUT2D eigenvalue weighted by atomic mass is 10.0. The number of carbonyl (C=O) groups is 1. The summed E-state index contributed by atoms with van der Waals surface area (Å²) in [5.41, 5.74) is 0.650. The van der Waals surface area contributed by atoms with Gasteiger partial charge in [-0.3, -0.25) is 4.79 Å². The minimum Gasteiger partial charge on any atom is -0.322 e. The van der Waals surface area contributed by atoms with Gasteiger partial charge in [0.25, 0.3) is 5.91 Å². The van der Waals surface area contributed by atoms with Crippen LogP contribution in [0.5, 0.6) is 0 Å². The van der Waals surface area contributed by atoms with E-state index in [1.807, 2.05) is 0 Å². The average Bonchev–Trinajstić information content (AvgIpc) is 2.74. The molecule has 0 radical (unpaired) electrons. The van der Waals surface area contributed by atoms with Crippen LogP contribution in [0.2, 0.25) is 0 Å². The normalized spacial score (nSPS) is 20.5. The van der Waals surface area contributed by atoms with Crippen molar-refractivity contribution in [1.82, 2.24) is 14.5 Å². The fraction of sp³-hybridized carbons (Fsp3) is 0.600. The summed E-state index contributed by atoms with van der Waals surface area (Å²) in [6, 6.07) is 1.90. The van der Waals surface area contributed by atoms with E-state index in [1.54, 1.807) is 11.8 Å². The number of aromatic nitrogens is 2. The number of hydrogen-bond acceptors (Lipinski definition) is 5. The Balaban J connectivity index is 2.21.